The first-order chi connectivity index (χ1) is 4.77. The second-order valence-corrected chi connectivity index (χ2v) is 2.98. The molecule has 0 amide bonds. The van der Waals surface area contributed by atoms with Crippen molar-refractivity contribution in [3.63, 3.8) is 0 Å². The van der Waals surface area contributed by atoms with Gasteiger partial charge in [0.1, 0.15) is 16.8 Å². The van der Waals surface area contributed by atoms with Gasteiger partial charge in [-0.25, -0.2) is 4.39 Å². The maximum Gasteiger partial charge on any atom is 0.138 e. The highest BCUT2D eigenvalue weighted by atomic mass is 32.1. The molecule has 0 aliphatic rings. The van der Waals surface area contributed by atoms with Crippen LogP contribution in [0.5, 0.6) is 0 Å². The summed E-state index contributed by atoms with van der Waals surface area (Å²) in [6, 6.07) is 3.18. The molecule has 0 radical (unpaired) electrons. The Bertz CT molecular complexity index is 272. The van der Waals surface area contributed by atoms with Crippen molar-refractivity contribution in [3.8, 4) is 6.07 Å². The Labute approximate surface area is 62.7 Å². The number of hydrogen-bond donors (Lipinski definition) is 0. The molecular weight excluding hydrogens is 149 g/mol. The number of thiophene rings is 1. The molecule has 0 aliphatic carbocycles. The van der Waals surface area contributed by atoms with Crippen molar-refractivity contribution in [1.82, 2.24) is 0 Å². The SMILES string of the molecule is CCc1sc(C#N)cc1F. The van der Waals surface area contributed by atoms with Crippen molar-refractivity contribution in [2.45, 2.75) is 13.3 Å². The molecule has 0 bridgehead atoms. The van der Waals surface area contributed by atoms with Gasteiger partial charge in [0.2, 0.25) is 0 Å². The lowest BCUT2D eigenvalue weighted by Gasteiger charge is -1.83. The van der Waals surface area contributed by atoms with Crippen LogP contribution in [0.15, 0.2) is 6.07 Å². The number of nitriles is 1. The molecule has 0 atom stereocenters. The van der Waals surface area contributed by atoms with Gasteiger partial charge in [-0.1, -0.05) is 6.92 Å². The lowest BCUT2D eigenvalue weighted by Crippen LogP contribution is -1.74. The molecule has 3 heteroatoms. The topological polar surface area (TPSA) is 23.8 Å². The maximum absolute atomic E-state index is 12.7. The van der Waals surface area contributed by atoms with Crippen LogP contribution in [0, 0.1) is 17.1 Å². The average molecular weight is 155 g/mol. The summed E-state index contributed by atoms with van der Waals surface area (Å²) in [6.45, 7) is 1.87. The minimum Gasteiger partial charge on any atom is -0.206 e. The van der Waals surface area contributed by atoms with Crippen molar-refractivity contribution in [1.29, 1.82) is 5.26 Å². The van der Waals surface area contributed by atoms with E-state index < -0.39 is 0 Å². The van der Waals surface area contributed by atoms with Crippen molar-refractivity contribution in [2.24, 2.45) is 0 Å². The molecule has 0 aliphatic heterocycles. The highest BCUT2D eigenvalue weighted by Gasteiger charge is 2.04. The van der Waals surface area contributed by atoms with Gasteiger partial charge in [-0.15, -0.1) is 11.3 Å². The van der Waals surface area contributed by atoms with E-state index in [-0.39, 0.29) is 5.82 Å². The Balaban J connectivity index is 3.07. The van der Waals surface area contributed by atoms with Crippen LogP contribution in [0.3, 0.4) is 0 Å². The predicted octanol–water partition coefficient (Wildman–Crippen LogP) is 2.32. The lowest BCUT2D eigenvalue weighted by atomic mass is 10.3. The Morgan fingerprint density at radius 3 is 2.80 bits per heavy atom. The quantitative estimate of drug-likeness (QED) is 0.610. The maximum atomic E-state index is 12.7. The summed E-state index contributed by atoms with van der Waals surface area (Å²) < 4.78 is 12.7. The van der Waals surface area contributed by atoms with Crippen LogP contribution in [0.4, 0.5) is 4.39 Å². The highest BCUT2D eigenvalue weighted by Crippen LogP contribution is 2.20. The van der Waals surface area contributed by atoms with Crippen LogP contribution in [0.1, 0.15) is 16.7 Å². The fraction of sp³-hybridized carbons (Fsp3) is 0.286. The van der Waals surface area contributed by atoms with Crippen LogP contribution < -0.4 is 0 Å². The van der Waals surface area contributed by atoms with Gasteiger partial charge < -0.3 is 0 Å². The minimum absolute atomic E-state index is 0.246. The van der Waals surface area contributed by atoms with Crippen molar-refractivity contribution >= 4 is 11.3 Å². The third kappa shape index (κ3) is 1.17. The zero-order valence-electron chi connectivity index (χ0n) is 5.52. The molecule has 1 rings (SSSR count). The van der Waals surface area contributed by atoms with Crippen LogP contribution in [0.25, 0.3) is 0 Å². The molecule has 1 nitrogen and oxygen atoms in total. The smallest absolute Gasteiger partial charge is 0.138 e. The number of hydrogen-bond acceptors (Lipinski definition) is 2. The second-order valence-electron chi connectivity index (χ2n) is 1.85. The third-order valence-electron chi connectivity index (χ3n) is 1.19. The highest BCUT2D eigenvalue weighted by molar-refractivity contribution is 7.12. The first-order valence-electron chi connectivity index (χ1n) is 2.96. The summed E-state index contributed by atoms with van der Waals surface area (Å²) in [5, 5.41) is 8.36. The fourth-order valence-corrected chi connectivity index (χ4v) is 1.48. The predicted molar refractivity (Wildman–Crippen MR) is 38.4 cm³/mol. The molecule has 0 fully saturated rings. The largest absolute Gasteiger partial charge is 0.206 e. The van der Waals surface area contributed by atoms with Crippen molar-refractivity contribution < 1.29 is 4.39 Å². The van der Waals surface area contributed by atoms with E-state index in [2.05, 4.69) is 0 Å². The molecule has 0 saturated heterocycles. The summed E-state index contributed by atoms with van der Waals surface area (Å²) in [5.74, 6) is -0.246. The molecule has 1 aromatic rings. The van der Waals surface area contributed by atoms with E-state index in [1.165, 1.54) is 17.4 Å². The van der Waals surface area contributed by atoms with E-state index in [0.29, 0.717) is 16.2 Å². The van der Waals surface area contributed by atoms with Crippen LogP contribution in [0.2, 0.25) is 0 Å². The summed E-state index contributed by atoms with van der Waals surface area (Å²) in [4.78, 5) is 1.12. The fourth-order valence-electron chi connectivity index (χ4n) is 0.703. The molecule has 0 N–H and O–H groups in total. The van der Waals surface area contributed by atoms with Crippen molar-refractivity contribution in [2.75, 3.05) is 0 Å². The minimum atomic E-state index is -0.246. The standard InChI is InChI=1S/C7H6FNS/c1-2-7-6(8)3-5(4-9)10-7/h3H,2H2,1H3. The third-order valence-corrected chi connectivity index (χ3v) is 2.35. The summed E-state index contributed by atoms with van der Waals surface area (Å²) in [6.07, 6.45) is 0.665. The van der Waals surface area contributed by atoms with Gasteiger partial charge in [-0.2, -0.15) is 5.26 Å². The molecular formula is C7H6FNS. The number of nitrogens with zero attached hydrogens (tertiary/aromatic N) is 1. The van der Waals surface area contributed by atoms with E-state index >= 15 is 0 Å². The monoisotopic (exact) mass is 155 g/mol. The number of halogens is 1. The lowest BCUT2D eigenvalue weighted by molar-refractivity contribution is 0.620. The normalized spacial score (nSPS) is 9.30. The molecule has 10 heavy (non-hydrogen) atoms. The van der Waals surface area contributed by atoms with Crippen LogP contribution >= 0.6 is 11.3 Å². The zero-order valence-corrected chi connectivity index (χ0v) is 6.33. The number of rotatable bonds is 1. The van der Waals surface area contributed by atoms with Gasteiger partial charge in [-0.3, -0.25) is 0 Å². The summed E-state index contributed by atoms with van der Waals surface area (Å²) in [5.41, 5.74) is 0. The molecule has 0 spiro atoms. The van der Waals surface area contributed by atoms with E-state index in [1.807, 2.05) is 13.0 Å². The molecule has 1 aromatic heterocycles. The Morgan fingerprint density at radius 1 is 1.80 bits per heavy atom. The van der Waals surface area contributed by atoms with Gasteiger partial charge in [0, 0.05) is 10.9 Å². The van der Waals surface area contributed by atoms with E-state index in [1.54, 1.807) is 0 Å². The second kappa shape index (κ2) is 2.80. The molecule has 0 unspecified atom stereocenters. The summed E-state index contributed by atoms with van der Waals surface area (Å²) >= 11 is 1.22. The summed E-state index contributed by atoms with van der Waals surface area (Å²) in [7, 11) is 0. The van der Waals surface area contributed by atoms with Gasteiger partial charge >= 0.3 is 0 Å². The Morgan fingerprint density at radius 2 is 2.50 bits per heavy atom. The average Bonchev–Trinajstić information content (AvgIpc) is 2.30. The molecule has 52 valence electrons. The van der Waals surface area contributed by atoms with Gasteiger partial charge in [-0.05, 0) is 6.42 Å². The van der Waals surface area contributed by atoms with E-state index in [0.717, 1.165) is 0 Å². The Kier molecular flexibility index (Phi) is 2.03. The van der Waals surface area contributed by atoms with Crippen LogP contribution in [-0.2, 0) is 6.42 Å². The molecule has 0 saturated carbocycles. The van der Waals surface area contributed by atoms with Crippen LogP contribution in [-0.4, -0.2) is 0 Å². The first-order valence-corrected chi connectivity index (χ1v) is 3.78. The van der Waals surface area contributed by atoms with E-state index in [9.17, 15) is 4.39 Å². The Hall–Kier alpha value is -0.880. The zero-order chi connectivity index (χ0) is 7.56. The first kappa shape index (κ1) is 7.23. The van der Waals surface area contributed by atoms with E-state index in [4.69, 9.17) is 5.26 Å². The van der Waals surface area contributed by atoms with Crippen molar-refractivity contribution in [3.05, 3.63) is 21.6 Å². The van der Waals surface area contributed by atoms with Gasteiger partial charge in [0.25, 0.3) is 0 Å². The van der Waals surface area contributed by atoms with Gasteiger partial charge in [0.15, 0.2) is 0 Å². The van der Waals surface area contributed by atoms with Gasteiger partial charge in [0.05, 0.1) is 0 Å². The molecule has 1 heterocycles. The molecule has 0 aromatic carbocycles. The number of aryl methyl sites for hydroxylation is 1.